The number of carboxylic acids is 1. The van der Waals surface area contributed by atoms with E-state index < -0.39 is 5.97 Å². The van der Waals surface area contributed by atoms with Gasteiger partial charge in [-0.2, -0.15) is 0 Å². The predicted molar refractivity (Wildman–Crippen MR) is 72.4 cm³/mol. The zero-order valence-electron chi connectivity index (χ0n) is 10.6. The van der Waals surface area contributed by atoms with Crippen molar-refractivity contribution < 1.29 is 14.7 Å². The van der Waals surface area contributed by atoms with Gasteiger partial charge in [-0.3, -0.25) is 14.8 Å². The molecule has 0 aromatic carbocycles. The van der Waals surface area contributed by atoms with Crippen LogP contribution >= 0.6 is 0 Å². The lowest BCUT2D eigenvalue weighted by atomic mass is 10.1. The van der Waals surface area contributed by atoms with Gasteiger partial charge in [-0.25, -0.2) is 4.79 Å². The van der Waals surface area contributed by atoms with E-state index in [1.54, 1.807) is 18.5 Å². The highest BCUT2D eigenvalue weighted by molar-refractivity contribution is 6.00. The molecule has 0 spiro atoms. The van der Waals surface area contributed by atoms with Gasteiger partial charge in [-0.05, 0) is 24.1 Å². The molecular formula is C14H13N3O3. The maximum atomic E-state index is 11.8. The number of hydrogen-bond acceptors (Lipinski definition) is 4. The second-order valence-electron chi connectivity index (χ2n) is 4.14. The highest BCUT2D eigenvalue weighted by atomic mass is 16.4. The second-order valence-corrected chi connectivity index (χ2v) is 4.14. The number of amides is 1. The highest BCUT2D eigenvalue weighted by Gasteiger charge is 2.12. The molecule has 0 radical (unpaired) electrons. The third-order valence-electron chi connectivity index (χ3n) is 2.69. The minimum Gasteiger partial charge on any atom is -0.478 e. The topological polar surface area (TPSA) is 92.2 Å². The normalized spacial score (nSPS) is 10.0. The summed E-state index contributed by atoms with van der Waals surface area (Å²) in [4.78, 5) is 30.6. The quantitative estimate of drug-likeness (QED) is 0.864. The molecular weight excluding hydrogens is 258 g/mol. The van der Waals surface area contributed by atoms with Gasteiger partial charge in [-0.15, -0.1) is 0 Å². The zero-order valence-corrected chi connectivity index (χ0v) is 10.6. The molecule has 1 amide bonds. The molecule has 2 aromatic heterocycles. The Labute approximate surface area is 115 Å². The molecule has 6 heteroatoms. The SMILES string of the molecule is O=C(CCc1cccnc1)Nc1cnccc1C(=O)O. The monoisotopic (exact) mass is 271 g/mol. The van der Waals surface area contributed by atoms with Crippen LogP contribution in [0.2, 0.25) is 0 Å². The molecule has 0 aliphatic rings. The van der Waals surface area contributed by atoms with Crippen molar-refractivity contribution in [2.24, 2.45) is 0 Å². The summed E-state index contributed by atoms with van der Waals surface area (Å²) in [5.41, 5.74) is 1.18. The molecule has 102 valence electrons. The molecule has 0 atom stereocenters. The number of aromatic nitrogens is 2. The molecule has 2 aromatic rings. The van der Waals surface area contributed by atoms with E-state index in [4.69, 9.17) is 5.11 Å². The Morgan fingerprint density at radius 1 is 1.15 bits per heavy atom. The summed E-state index contributed by atoms with van der Waals surface area (Å²) in [6, 6.07) is 5.03. The van der Waals surface area contributed by atoms with Crippen molar-refractivity contribution in [3.05, 3.63) is 54.1 Å². The third kappa shape index (κ3) is 3.61. The van der Waals surface area contributed by atoms with Gasteiger partial charge >= 0.3 is 5.97 Å². The van der Waals surface area contributed by atoms with Crippen LogP contribution < -0.4 is 5.32 Å². The van der Waals surface area contributed by atoms with E-state index in [-0.39, 0.29) is 23.6 Å². The molecule has 0 unspecified atom stereocenters. The summed E-state index contributed by atoms with van der Waals surface area (Å²) in [7, 11) is 0. The predicted octanol–water partition coefficient (Wildman–Crippen LogP) is 1.75. The first-order chi connectivity index (χ1) is 9.66. The van der Waals surface area contributed by atoms with Crippen LogP contribution in [0.1, 0.15) is 22.3 Å². The fourth-order valence-electron chi connectivity index (χ4n) is 1.70. The first kappa shape index (κ1) is 13.7. The number of nitrogens with one attached hydrogen (secondary N) is 1. The fraction of sp³-hybridized carbons (Fsp3) is 0.143. The Bertz CT molecular complexity index is 614. The summed E-state index contributed by atoms with van der Waals surface area (Å²) < 4.78 is 0. The summed E-state index contributed by atoms with van der Waals surface area (Å²) in [6.07, 6.45) is 6.85. The lowest BCUT2D eigenvalue weighted by molar-refractivity contribution is -0.116. The van der Waals surface area contributed by atoms with Crippen molar-refractivity contribution in [1.29, 1.82) is 0 Å². The minimum absolute atomic E-state index is 0.0229. The van der Waals surface area contributed by atoms with Crippen LogP contribution in [0.25, 0.3) is 0 Å². The fourth-order valence-corrected chi connectivity index (χ4v) is 1.70. The molecule has 0 fully saturated rings. The largest absolute Gasteiger partial charge is 0.478 e. The van der Waals surface area contributed by atoms with Gasteiger partial charge in [-0.1, -0.05) is 6.07 Å². The van der Waals surface area contributed by atoms with Gasteiger partial charge in [0.15, 0.2) is 0 Å². The Morgan fingerprint density at radius 3 is 2.65 bits per heavy atom. The first-order valence-electron chi connectivity index (χ1n) is 6.03. The number of carboxylic acid groups (broad SMARTS) is 1. The number of carbonyl (C=O) groups is 2. The van der Waals surface area contributed by atoms with Crippen molar-refractivity contribution in [2.75, 3.05) is 5.32 Å². The Hall–Kier alpha value is -2.76. The van der Waals surface area contributed by atoms with E-state index in [0.29, 0.717) is 6.42 Å². The van der Waals surface area contributed by atoms with Gasteiger partial charge < -0.3 is 10.4 Å². The van der Waals surface area contributed by atoms with E-state index in [9.17, 15) is 9.59 Å². The Morgan fingerprint density at radius 2 is 1.95 bits per heavy atom. The maximum absolute atomic E-state index is 11.8. The first-order valence-corrected chi connectivity index (χ1v) is 6.03. The summed E-state index contributed by atoms with van der Waals surface area (Å²) >= 11 is 0. The third-order valence-corrected chi connectivity index (χ3v) is 2.69. The van der Waals surface area contributed by atoms with Gasteiger partial charge in [0.25, 0.3) is 0 Å². The number of hydrogen-bond donors (Lipinski definition) is 2. The van der Waals surface area contributed by atoms with Crippen LogP contribution in [0.15, 0.2) is 43.0 Å². The standard InChI is InChI=1S/C14H13N3O3/c18-13(4-3-10-2-1-6-15-8-10)17-12-9-16-7-5-11(12)14(19)20/h1-2,5-9H,3-4H2,(H,17,18)(H,19,20). The molecule has 0 aliphatic heterocycles. The van der Waals surface area contributed by atoms with E-state index in [0.717, 1.165) is 5.56 Å². The number of pyridine rings is 2. The Balaban J connectivity index is 1.97. The lowest BCUT2D eigenvalue weighted by Crippen LogP contribution is -2.15. The smallest absolute Gasteiger partial charge is 0.337 e. The van der Waals surface area contributed by atoms with Crippen molar-refractivity contribution in [3.63, 3.8) is 0 Å². The second kappa shape index (κ2) is 6.42. The summed E-state index contributed by atoms with van der Waals surface area (Å²) in [5.74, 6) is -1.36. The molecule has 2 N–H and O–H groups in total. The van der Waals surface area contributed by atoms with E-state index in [1.807, 2.05) is 6.07 Å². The van der Waals surface area contributed by atoms with E-state index in [2.05, 4.69) is 15.3 Å². The molecule has 2 rings (SSSR count). The van der Waals surface area contributed by atoms with Crippen molar-refractivity contribution in [2.45, 2.75) is 12.8 Å². The average Bonchev–Trinajstić information content (AvgIpc) is 2.46. The average molecular weight is 271 g/mol. The van der Waals surface area contributed by atoms with Crippen LogP contribution in [0, 0.1) is 0 Å². The minimum atomic E-state index is -1.10. The zero-order chi connectivity index (χ0) is 14.4. The molecule has 20 heavy (non-hydrogen) atoms. The van der Waals surface area contributed by atoms with Crippen LogP contribution in [0.3, 0.4) is 0 Å². The molecule has 0 saturated heterocycles. The number of rotatable bonds is 5. The lowest BCUT2D eigenvalue weighted by Gasteiger charge is -2.07. The number of aryl methyl sites for hydroxylation is 1. The highest BCUT2D eigenvalue weighted by Crippen LogP contribution is 2.13. The van der Waals surface area contributed by atoms with Gasteiger partial charge in [0, 0.05) is 25.0 Å². The van der Waals surface area contributed by atoms with Gasteiger partial charge in [0.05, 0.1) is 17.4 Å². The van der Waals surface area contributed by atoms with Crippen LogP contribution in [0.4, 0.5) is 5.69 Å². The number of carbonyl (C=O) groups excluding carboxylic acids is 1. The van der Waals surface area contributed by atoms with Crippen LogP contribution in [-0.4, -0.2) is 27.0 Å². The number of nitrogens with zero attached hydrogens (tertiary/aromatic N) is 2. The van der Waals surface area contributed by atoms with E-state index >= 15 is 0 Å². The van der Waals surface area contributed by atoms with Crippen LogP contribution in [0.5, 0.6) is 0 Å². The summed E-state index contributed by atoms with van der Waals surface area (Å²) in [5, 5.41) is 11.6. The number of anilines is 1. The van der Waals surface area contributed by atoms with Crippen LogP contribution in [-0.2, 0) is 11.2 Å². The van der Waals surface area contributed by atoms with Crippen molar-refractivity contribution in [1.82, 2.24) is 9.97 Å². The van der Waals surface area contributed by atoms with Crippen molar-refractivity contribution in [3.8, 4) is 0 Å². The molecule has 6 nitrogen and oxygen atoms in total. The Kier molecular flexibility index (Phi) is 4.39. The summed E-state index contributed by atoms with van der Waals surface area (Å²) in [6.45, 7) is 0. The molecule has 0 aliphatic carbocycles. The van der Waals surface area contributed by atoms with E-state index in [1.165, 1.54) is 18.5 Å². The van der Waals surface area contributed by atoms with Crippen molar-refractivity contribution >= 4 is 17.6 Å². The molecule has 2 heterocycles. The maximum Gasteiger partial charge on any atom is 0.337 e. The molecule has 0 saturated carbocycles. The van der Waals surface area contributed by atoms with Gasteiger partial charge in [0.1, 0.15) is 0 Å². The number of aromatic carboxylic acids is 1. The molecule has 0 bridgehead atoms. The van der Waals surface area contributed by atoms with Gasteiger partial charge in [0.2, 0.25) is 5.91 Å².